The Morgan fingerprint density at radius 1 is 0.889 bits per heavy atom. The van der Waals surface area contributed by atoms with E-state index in [1.54, 1.807) is 0 Å². The minimum absolute atomic E-state index is 0.0826. The molecule has 0 bridgehead atoms. The van der Waals surface area contributed by atoms with Crippen LogP contribution in [0.1, 0.15) is 22.6 Å². The summed E-state index contributed by atoms with van der Waals surface area (Å²) >= 11 is 0. The van der Waals surface area contributed by atoms with Crippen LogP contribution in [0.4, 0.5) is 26.3 Å². The number of halogens is 6. The Bertz CT molecular complexity index is 409. The van der Waals surface area contributed by atoms with E-state index in [9.17, 15) is 26.3 Å². The summed E-state index contributed by atoms with van der Waals surface area (Å²) in [4.78, 5) is 0. The molecule has 1 aromatic carbocycles. The molecule has 18 heavy (non-hydrogen) atoms. The van der Waals surface area contributed by atoms with E-state index >= 15 is 0 Å². The average Bonchev–Trinajstić information content (AvgIpc) is 2.25. The lowest BCUT2D eigenvalue weighted by atomic mass is 9.96. The van der Waals surface area contributed by atoms with Crippen LogP contribution in [-0.4, -0.2) is 0 Å². The Morgan fingerprint density at radius 3 is 1.56 bits per heavy atom. The van der Waals surface area contributed by atoms with Crippen molar-refractivity contribution in [2.24, 2.45) is 0 Å². The second kappa shape index (κ2) is 4.66. The van der Waals surface area contributed by atoms with Crippen LogP contribution in [0.2, 0.25) is 0 Å². The van der Waals surface area contributed by atoms with Gasteiger partial charge in [0.1, 0.15) is 0 Å². The number of allylic oxidation sites excluding steroid dienone is 1. The molecule has 0 aliphatic heterocycles. The van der Waals surface area contributed by atoms with Gasteiger partial charge in [-0.3, -0.25) is 0 Å². The van der Waals surface area contributed by atoms with Crippen molar-refractivity contribution >= 4 is 0 Å². The third-order valence-electron chi connectivity index (χ3n) is 2.32. The molecule has 0 aliphatic carbocycles. The molecule has 6 heteroatoms. The van der Waals surface area contributed by atoms with Gasteiger partial charge in [-0.05, 0) is 30.7 Å². The van der Waals surface area contributed by atoms with Crippen molar-refractivity contribution < 1.29 is 26.3 Å². The maximum atomic E-state index is 12.5. The van der Waals surface area contributed by atoms with Crippen molar-refractivity contribution in [2.45, 2.75) is 18.3 Å². The fourth-order valence-corrected chi connectivity index (χ4v) is 1.33. The highest BCUT2D eigenvalue weighted by molar-refractivity contribution is 5.37. The first kappa shape index (κ1) is 14.6. The van der Waals surface area contributed by atoms with Crippen LogP contribution in [0.25, 0.3) is 0 Å². The van der Waals surface area contributed by atoms with Crippen molar-refractivity contribution in [1.82, 2.24) is 0 Å². The molecule has 0 amide bonds. The topological polar surface area (TPSA) is 0 Å². The predicted molar refractivity (Wildman–Crippen MR) is 54.7 cm³/mol. The molecule has 0 nitrogen and oxygen atoms in total. The average molecular weight is 267 g/mol. The van der Waals surface area contributed by atoms with E-state index < -0.39 is 29.4 Å². The third kappa shape index (κ3) is 3.27. The van der Waals surface area contributed by atoms with Crippen LogP contribution in [0.15, 0.2) is 30.9 Å². The van der Waals surface area contributed by atoms with Gasteiger partial charge in [-0.15, -0.1) is 6.58 Å². The van der Waals surface area contributed by atoms with E-state index in [-0.39, 0.29) is 11.6 Å². The molecule has 0 saturated heterocycles. The second-order valence-electron chi connectivity index (χ2n) is 3.68. The van der Waals surface area contributed by atoms with E-state index in [0.717, 1.165) is 0 Å². The van der Waals surface area contributed by atoms with E-state index in [1.807, 2.05) is 0 Å². The zero-order valence-corrected chi connectivity index (χ0v) is 9.07. The zero-order chi connectivity index (χ0) is 14.1. The molecule has 0 spiro atoms. The van der Waals surface area contributed by atoms with Crippen LogP contribution >= 0.6 is 0 Å². The van der Waals surface area contributed by atoms with Gasteiger partial charge in [0.15, 0.2) is 0 Å². The molecule has 0 heterocycles. The number of hydrogen-bond acceptors (Lipinski definition) is 0. The van der Waals surface area contributed by atoms with E-state index in [2.05, 4.69) is 13.5 Å². The summed E-state index contributed by atoms with van der Waals surface area (Å²) in [7, 11) is 0. The standard InChI is InChI=1S/C12H9F6/c1-3-7(2)8-4-9(11(13,14)15)6-10(5-8)12(16,17)18/h3-7H,1-2H2. The Kier molecular flexibility index (Phi) is 3.78. The van der Waals surface area contributed by atoms with Gasteiger partial charge in [-0.2, -0.15) is 26.3 Å². The van der Waals surface area contributed by atoms with Crippen molar-refractivity contribution in [2.75, 3.05) is 0 Å². The predicted octanol–water partition coefficient (Wildman–Crippen LogP) is 4.83. The molecule has 0 saturated carbocycles. The molecule has 0 fully saturated rings. The molecular weight excluding hydrogens is 258 g/mol. The highest BCUT2D eigenvalue weighted by atomic mass is 19.4. The fourth-order valence-electron chi connectivity index (χ4n) is 1.33. The van der Waals surface area contributed by atoms with Crippen molar-refractivity contribution in [3.05, 3.63) is 54.5 Å². The summed E-state index contributed by atoms with van der Waals surface area (Å²) in [5.41, 5.74) is -2.86. The Hall–Kier alpha value is -1.46. The lowest BCUT2D eigenvalue weighted by molar-refractivity contribution is -0.143. The molecule has 99 valence electrons. The largest absolute Gasteiger partial charge is 0.416 e. The molecule has 0 aliphatic rings. The Morgan fingerprint density at radius 2 is 1.28 bits per heavy atom. The lowest BCUT2D eigenvalue weighted by Gasteiger charge is -2.15. The first-order chi connectivity index (χ1) is 8.05. The molecule has 1 rings (SSSR count). The van der Waals surface area contributed by atoms with Crippen LogP contribution in [0.5, 0.6) is 0 Å². The molecule has 1 aromatic rings. The third-order valence-corrected chi connectivity index (χ3v) is 2.32. The van der Waals surface area contributed by atoms with Gasteiger partial charge in [0.25, 0.3) is 0 Å². The Balaban J connectivity index is 3.43. The minimum Gasteiger partial charge on any atom is -0.166 e. The van der Waals surface area contributed by atoms with Crippen molar-refractivity contribution in [1.29, 1.82) is 0 Å². The van der Waals surface area contributed by atoms with Crippen LogP contribution in [-0.2, 0) is 12.4 Å². The Labute approximate surface area is 99.9 Å². The summed E-state index contributed by atoms with van der Waals surface area (Å²) in [6, 6.07) is 1.38. The van der Waals surface area contributed by atoms with E-state index in [0.29, 0.717) is 12.1 Å². The molecule has 1 unspecified atom stereocenters. The molecule has 1 radical (unpaired) electrons. The fraction of sp³-hybridized carbons (Fsp3) is 0.250. The summed E-state index contributed by atoms with van der Waals surface area (Å²) in [6.45, 7) is 6.72. The first-order valence-electron chi connectivity index (χ1n) is 4.80. The summed E-state index contributed by atoms with van der Waals surface area (Å²) < 4.78 is 74.9. The first-order valence-corrected chi connectivity index (χ1v) is 4.80. The summed E-state index contributed by atoms with van der Waals surface area (Å²) in [6.07, 6.45) is -8.50. The van der Waals surface area contributed by atoms with Gasteiger partial charge in [-0.25, -0.2) is 0 Å². The molecule has 0 aromatic heterocycles. The minimum atomic E-state index is -4.84. The van der Waals surface area contributed by atoms with E-state index in [4.69, 9.17) is 0 Å². The SMILES string of the molecule is [CH2]C(C=C)c1cc(C(F)(F)F)cc(C(F)(F)F)c1. The number of benzene rings is 1. The maximum Gasteiger partial charge on any atom is 0.416 e. The van der Waals surface area contributed by atoms with E-state index in [1.165, 1.54) is 6.08 Å². The van der Waals surface area contributed by atoms with Gasteiger partial charge in [0.05, 0.1) is 11.1 Å². The summed E-state index contributed by atoms with van der Waals surface area (Å²) in [5, 5.41) is 0. The lowest BCUT2D eigenvalue weighted by Crippen LogP contribution is -2.12. The number of hydrogen-bond donors (Lipinski definition) is 0. The quantitative estimate of drug-likeness (QED) is 0.532. The van der Waals surface area contributed by atoms with Crippen LogP contribution in [0, 0.1) is 6.92 Å². The van der Waals surface area contributed by atoms with Crippen LogP contribution in [0.3, 0.4) is 0 Å². The van der Waals surface area contributed by atoms with Gasteiger partial charge in [0.2, 0.25) is 0 Å². The van der Waals surface area contributed by atoms with Gasteiger partial charge >= 0.3 is 12.4 Å². The maximum absolute atomic E-state index is 12.5. The normalized spacial score (nSPS) is 14.4. The smallest absolute Gasteiger partial charge is 0.166 e. The van der Waals surface area contributed by atoms with Crippen LogP contribution < -0.4 is 0 Å². The highest BCUT2D eigenvalue weighted by Gasteiger charge is 2.37. The van der Waals surface area contributed by atoms with Gasteiger partial charge in [0, 0.05) is 5.92 Å². The van der Waals surface area contributed by atoms with Gasteiger partial charge < -0.3 is 0 Å². The highest BCUT2D eigenvalue weighted by Crippen LogP contribution is 2.37. The molecule has 1 atom stereocenters. The number of alkyl halides is 6. The summed E-state index contributed by atoms with van der Waals surface area (Å²) in [5.74, 6) is -0.839. The monoisotopic (exact) mass is 267 g/mol. The second-order valence-corrected chi connectivity index (χ2v) is 3.68. The number of rotatable bonds is 2. The van der Waals surface area contributed by atoms with Crippen molar-refractivity contribution in [3.63, 3.8) is 0 Å². The molecule has 0 N–H and O–H groups in total. The van der Waals surface area contributed by atoms with Crippen molar-refractivity contribution in [3.8, 4) is 0 Å². The van der Waals surface area contributed by atoms with Gasteiger partial charge in [-0.1, -0.05) is 6.08 Å². The zero-order valence-electron chi connectivity index (χ0n) is 9.07. The molecular formula is C12H9F6.